The zero-order valence-electron chi connectivity index (χ0n) is 4.55. The van der Waals surface area contributed by atoms with Gasteiger partial charge in [-0.25, -0.2) is 0 Å². The summed E-state index contributed by atoms with van der Waals surface area (Å²) < 4.78 is 4.83. The number of nitrogens with two attached hydrogens (primary N) is 1. The summed E-state index contributed by atoms with van der Waals surface area (Å²) in [6, 6.07) is 0. The van der Waals surface area contributed by atoms with E-state index in [4.69, 9.17) is 10.5 Å². The van der Waals surface area contributed by atoms with Crippen LogP contribution in [0.1, 0.15) is 13.3 Å². The van der Waals surface area contributed by atoms with Crippen LogP contribution in [0.3, 0.4) is 0 Å². The first-order chi connectivity index (χ1) is 3.41. The minimum absolute atomic E-state index is 0.758. The summed E-state index contributed by atoms with van der Waals surface area (Å²) in [7, 11) is 0. The van der Waals surface area contributed by atoms with Gasteiger partial charge in [0.1, 0.15) is 0 Å². The van der Waals surface area contributed by atoms with Crippen LogP contribution in [0.15, 0.2) is 12.5 Å². The largest absolute Gasteiger partial charge is 0.500 e. The summed E-state index contributed by atoms with van der Waals surface area (Å²) in [4.78, 5) is 0. The Labute approximate surface area is 44.0 Å². The molecule has 2 nitrogen and oxygen atoms in total. The maximum Gasteiger partial charge on any atom is 0.0983 e. The van der Waals surface area contributed by atoms with Crippen LogP contribution in [0.2, 0.25) is 0 Å². The molecule has 0 bridgehead atoms. The first-order valence-corrected chi connectivity index (χ1v) is 2.40. The highest BCUT2D eigenvalue weighted by atomic mass is 16.5. The molecule has 0 aromatic heterocycles. The fourth-order valence-corrected chi connectivity index (χ4v) is 0.241. The molecule has 0 fully saturated rings. The van der Waals surface area contributed by atoms with Crippen molar-refractivity contribution in [2.75, 3.05) is 6.61 Å². The Kier molecular flexibility index (Phi) is 4.84. The van der Waals surface area contributed by atoms with Crippen molar-refractivity contribution in [2.24, 2.45) is 5.73 Å². The van der Waals surface area contributed by atoms with Crippen LogP contribution in [0.5, 0.6) is 0 Å². The number of ether oxygens (including phenoxy) is 1. The van der Waals surface area contributed by atoms with E-state index in [9.17, 15) is 0 Å². The summed E-state index contributed by atoms with van der Waals surface area (Å²) in [5.74, 6) is 0. The Balaban J connectivity index is 2.69. The third kappa shape index (κ3) is 5.34. The van der Waals surface area contributed by atoms with Crippen LogP contribution in [0, 0.1) is 0 Å². The van der Waals surface area contributed by atoms with Crippen molar-refractivity contribution in [2.45, 2.75) is 13.3 Å². The molecule has 0 amide bonds. The first-order valence-electron chi connectivity index (χ1n) is 2.40. The molecule has 0 saturated carbocycles. The molecule has 2 N–H and O–H groups in total. The zero-order chi connectivity index (χ0) is 5.54. The van der Waals surface area contributed by atoms with Crippen molar-refractivity contribution in [1.82, 2.24) is 0 Å². The van der Waals surface area contributed by atoms with Crippen LogP contribution in [-0.4, -0.2) is 6.61 Å². The van der Waals surface area contributed by atoms with Crippen molar-refractivity contribution >= 4 is 0 Å². The van der Waals surface area contributed by atoms with Gasteiger partial charge in [-0.1, -0.05) is 6.92 Å². The molecule has 0 saturated heterocycles. The zero-order valence-corrected chi connectivity index (χ0v) is 4.55. The fourth-order valence-electron chi connectivity index (χ4n) is 0.241. The van der Waals surface area contributed by atoms with Gasteiger partial charge in [0.05, 0.1) is 12.9 Å². The summed E-state index contributed by atoms with van der Waals surface area (Å²) in [5.41, 5.74) is 4.96. The molecule has 0 atom stereocenters. The molecular weight excluding hydrogens is 90.1 g/mol. The molecule has 0 aromatic carbocycles. The van der Waals surface area contributed by atoms with E-state index in [0.29, 0.717) is 0 Å². The molecule has 0 rings (SSSR count). The highest BCUT2D eigenvalue weighted by Crippen LogP contribution is 1.77. The summed E-state index contributed by atoms with van der Waals surface area (Å²) in [6.45, 7) is 2.80. The van der Waals surface area contributed by atoms with Gasteiger partial charge >= 0.3 is 0 Å². The van der Waals surface area contributed by atoms with Crippen molar-refractivity contribution < 1.29 is 4.74 Å². The van der Waals surface area contributed by atoms with E-state index in [1.807, 2.05) is 6.92 Å². The van der Waals surface area contributed by atoms with Crippen LogP contribution in [0.4, 0.5) is 0 Å². The van der Waals surface area contributed by atoms with E-state index in [0.717, 1.165) is 13.0 Å². The molecule has 0 spiro atoms. The quantitative estimate of drug-likeness (QED) is 0.422. The van der Waals surface area contributed by atoms with Crippen molar-refractivity contribution in [3.8, 4) is 0 Å². The number of rotatable bonds is 3. The Morgan fingerprint density at radius 1 is 1.71 bits per heavy atom. The van der Waals surface area contributed by atoms with Crippen LogP contribution in [-0.2, 0) is 4.74 Å². The van der Waals surface area contributed by atoms with Crippen LogP contribution >= 0.6 is 0 Å². The van der Waals surface area contributed by atoms with E-state index < -0.39 is 0 Å². The van der Waals surface area contributed by atoms with Gasteiger partial charge in [-0.2, -0.15) is 0 Å². The van der Waals surface area contributed by atoms with Crippen LogP contribution in [0.25, 0.3) is 0 Å². The lowest BCUT2D eigenvalue weighted by atomic mass is 10.5. The van der Waals surface area contributed by atoms with Gasteiger partial charge in [0.2, 0.25) is 0 Å². The molecular formula is C5H11NO. The van der Waals surface area contributed by atoms with Gasteiger partial charge in [-0.3, -0.25) is 0 Å². The third-order valence-electron chi connectivity index (χ3n) is 0.497. The maximum absolute atomic E-state index is 4.96. The third-order valence-corrected chi connectivity index (χ3v) is 0.497. The molecule has 0 aromatic rings. The van der Waals surface area contributed by atoms with Gasteiger partial charge in [-0.15, -0.1) is 0 Å². The van der Waals surface area contributed by atoms with E-state index in [2.05, 4.69) is 0 Å². The van der Waals surface area contributed by atoms with Crippen molar-refractivity contribution in [3.63, 3.8) is 0 Å². The second kappa shape index (κ2) is 5.34. The summed E-state index contributed by atoms with van der Waals surface area (Å²) >= 11 is 0. The van der Waals surface area contributed by atoms with Gasteiger partial charge in [0, 0.05) is 6.20 Å². The molecule has 42 valence electrons. The second-order valence-electron chi connectivity index (χ2n) is 1.20. The Bertz CT molecular complexity index is 52.0. The highest BCUT2D eigenvalue weighted by Gasteiger charge is 1.70. The van der Waals surface area contributed by atoms with E-state index >= 15 is 0 Å². The number of hydrogen-bond donors (Lipinski definition) is 1. The lowest BCUT2D eigenvalue weighted by molar-refractivity contribution is 0.249. The average Bonchev–Trinajstić information content (AvgIpc) is 1.69. The Morgan fingerprint density at radius 2 is 2.43 bits per heavy atom. The Hall–Kier alpha value is -0.660. The predicted molar refractivity (Wildman–Crippen MR) is 29.6 cm³/mol. The Morgan fingerprint density at radius 3 is 2.86 bits per heavy atom. The highest BCUT2D eigenvalue weighted by molar-refractivity contribution is 4.62. The van der Waals surface area contributed by atoms with Gasteiger partial charge in [0.25, 0.3) is 0 Å². The van der Waals surface area contributed by atoms with Crippen molar-refractivity contribution in [3.05, 3.63) is 12.5 Å². The lowest BCUT2D eigenvalue weighted by Crippen LogP contribution is -1.84. The monoisotopic (exact) mass is 101 g/mol. The second-order valence-corrected chi connectivity index (χ2v) is 1.20. The maximum atomic E-state index is 4.96. The van der Waals surface area contributed by atoms with Crippen LogP contribution < -0.4 is 5.73 Å². The fraction of sp³-hybridized carbons (Fsp3) is 0.600. The molecule has 0 aliphatic carbocycles. The summed E-state index contributed by atoms with van der Waals surface area (Å²) in [5, 5.41) is 0. The van der Waals surface area contributed by atoms with Crippen molar-refractivity contribution in [1.29, 1.82) is 0 Å². The van der Waals surface area contributed by atoms with E-state index in [-0.39, 0.29) is 0 Å². The first kappa shape index (κ1) is 6.34. The minimum Gasteiger partial charge on any atom is -0.500 e. The topological polar surface area (TPSA) is 35.2 Å². The van der Waals surface area contributed by atoms with E-state index in [1.54, 1.807) is 0 Å². The minimum atomic E-state index is 0.758. The van der Waals surface area contributed by atoms with Gasteiger partial charge in [-0.05, 0) is 6.42 Å². The summed E-state index contributed by atoms with van der Waals surface area (Å²) in [6.07, 6.45) is 3.91. The SMILES string of the molecule is CCCOC=CN. The molecule has 7 heavy (non-hydrogen) atoms. The average molecular weight is 101 g/mol. The molecule has 2 heteroatoms. The number of hydrogen-bond acceptors (Lipinski definition) is 2. The standard InChI is InChI=1S/C5H11NO/c1-2-4-7-5-3-6/h3,5H,2,4,6H2,1H3. The molecule has 0 aliphatic rings. The smallest absolute Gasteiger partial charge is 0.0983 e. The van der Waals surface area contributed by atoms with E-state index in [1.165, 1.54) is 12.5 Å². The lowest BCUT2D eigenvalue weighted by Gasteiger charge is -1.91. The molecule has 0 unspecified atom stereocenters. The van der Waals surface area contributed by atoms with Gasteiger partial charge in [0.15, 0.2) is 0 Å². The molecule has 0 radical (unpaired) electrons. The molecule has 0 aliphatic heterocycles. The normalized spacial score (nSPS) is 9.86. The molecule has 0 heterocycles. The van der Waals surface area contributed by atoms with Gasteiger partial charge < -0.3 is 10.5 Å². The predicted octanol–water partition coefficient (Wildman–Crippen LogP) is 0.843.